The molecule has 0 atom stereocenters. The average molecular weight is 202 g/mol. The van der Waals surface area contributed by atoms with Crippen molar-refractivity contribution in [1.29, 1.82) is 0 Å². The predicted molar refractivity (Wildman–Crippen MR) is 22.2 cm³/mol. The summed E-state index contributed by atoms with van der Waals surface area (Å²) in [5.41, 5.74) is 0. The van der Waals surface area contributed by atoms with Gasteiger partial charge in [-0.3, -0.25) is 0 Å². The zero-order chi connectivity index (χ0) is 4.50. The van der Waals surface area contributed by atoms with E-state index in [-0.39, 0.29) is 35.4 Å². The van der Waals surface area contributed by atoms with E-state index in [4.69, 9.17) is 19.2 Å². The first kappa shape index (κ1) is 15.7. The Hall–Kier alpha value is 1.02. The SMILES string of the molecule is O=P(O)(O)O.[Be+2].[H-].[H-].[Nb]. The summed E-state index contributed by atoms with van der Waals surface area (Å²) in [5, 5.41) is 0. The largest absolute Gasteiger partial charge is 2.00 e. The quantitative estimate of drug-likeness (QED) is 0.344. The van der Waals surface area contributed by atoms with Crippen LogP contribution in [0.1, 0.15) is 2.85 Å². The van der Waals surface area contributed by atoms with E-state index < -0.39 is 7.82 Å². The van der Waals surface area contributed by atoms with Gasteiger partial charge in [-0.15, -0.1) is 0 Å². The summed E-state index contributed by atoms with van der Waals surface area (Å²) >= 11 is 0. The first-order valence-corrected chi connectivity index (χ1v) is 2.35. The van der Waals surface area contributed by atoms with E-state index in [1.165, 1.54) is 0 Å². The van der Waals surface area contributed by atoms with E-state index >= 15 is 0 Å². The molecule has 0 fully saturated rings. The van der Waals surface area contributed by atoms with Crippen molar-refractivity contribution in [2.24, 2.45) is 0 Å². The van der Waals surface area contributed by atoms with Crippen LogP contribution in [0.3, 0.4) is 0 Å². The first-order valence-electron chi connectivity index (χ1n) is 0.783. The Morgan fingerprint density at radius 3 is 1.29 bits per heavy atom. The Morgan fingerprint density at radius 1 is 1.29 bits per heavy atom. The smallest absolute Gasteiger partial charge is 1.00 e. The second-order valence-electron chi connectivity index (χ2n) is 0.513. The molecule has 1 radical (unpaired) electrons. The fraction of sp³-hybridized carbons (Fsp3) is 0. The molecule has 0 saturated heterocycles. The Labute approximate surface area is 62.9 Å². The minimum atomic E-state index is -4.64. The molecule has 0 aromatic rings. The molecule has 0 aliphatic heterocycles. The van der Waals surface area contributed by atoms with E-state index in [2.05, 4.69) is 0 Å². The van der Waals surface area contributed by atoms with Crippen molar-refractivity contribution >= 4 is 17.9 Å². The standard InChI is InChI=1S/Be.Nb.H3O4P.2H/c;;1-5(2,3)4;;/h;;(H3,1,2,3,4);;/q+2;;;2*-1. The molecule has 0 heterocycles. The van der Waals surface area contributed by atoms with Crippen LogP contribution in [0.15, 0.2) is 0 Å². The van der Waals surface area contributed by atoms with Crippen molar-refractivity contribution in [3.8, 4) is 0 Å². The number of phosphoric acid groups is 1. The van der Waals surface area contributed by atoms with E-state index in [1.54, 1.807) is 0 Å². The van der Waals surface area contributed by atoms with Gasteiger partial charge in [0.2, 0.25) is 0 Å². The van der Waals surface area contributed by atoms with Gasteiger partial charge in [0.05, 0.1) is 0 Å². The molecule has 41 valence electrons. The van der Waals surface area contributed by atoms with E-state index in [0.717, 1.165) is 0 Å². The molecule has 3 N–H and O–H groups in total. The van der Waals surface area contributed by atoms with Crippen LogP contribution in [0.25, 0.3) is 0 Å². The van der Waals surface area contributed by atoms with Gasteiger partial charge in [-0.1, -0.05) is 0 Å². The van der Waals surface area contributed by atoms with Gasteiger partial charge >= 0.3 is 17.9 Å². The molecule has 0 aliphatic rings. The molecule has 7 heteroatoms. The maximum absolute atomic E-state index is 8.88. The Kier molecular flexibility index (Phi) is 11.6. The number of hydrogen-bond acceptors (Lipinski definition) is 1. The maximum Gasteiger partial charge on any atom is 2.00 e. The van der Waals surface area contributed by atoms with Crippen molar-refractivity contribution in [1.82, 2.24) is 0 Å². The van der Waals surface area contributed by atoms with Crippen molar-refractivity contribution < 1.29 is 44.5 Å². The molecule has 0 bridgehead atoms. The summed E-state index contributed by atoms with van der Waals surface area (Å²) in [7, 11) is -4.64. The van der Waals surface area contributed by atoms with Crippen molar-refractivity contribution in [3.63, 3.8) is 0 Å². The maximum atomic E-state index is 8.88. The summed E-state index contributed by atoms with van der Waals surface area (Å²) in [6, 6.07) is 0. The first-order chi connectivity index (χ1) is 2.00. The van der Waals surface area contributed by atoms with Gasteiger partial charge in [0.25, 0.3) is 0 Å². The van der Waals surface area contributed by atoms with Crippen molar-refractivity contribution in [2.45, 2.75) is 0 Å². The Balaban J connectivity index is -0.0000000133. The molecule has 0 spiro atoms. The van der Waals surface area contributed by atoms with Crippen molar-refractivity contribution in [3.05, 3.63) is 0 Å². The summed E-state index contributed by atoms with van der Waals surface area (Å²) < 4.78 is 8.88. The molecule has 0 rings (SSSR count). The molecule has 0 amide bonds. The van der Waals surface area contributed by atoms with Gasteiger partial charge < -0.3 is 17.5 Å². The van der Waals surface area contributed by atoms with Crippen molar-refractivity contribution in [2.75, 3.05) is 0 Å². The van der Waals surface area contributed by atoms with Gasteiger partial charge in [0, 0.05) is 22.4 Å². The minimum absolute atomic E-state index is 0. The fourth-order valence-electron chi connectivity index (χ4n) is 0. The fourth-order valence-corrected chi connectivity index (χ4v) is 0. The third-order valence-corrected chi connectivity index (χ3v) is 0. The second-order valence-corrected chi connectivity index (χ2v) is 1.54. The van der Waals surface area contributed by atoms with Gasteiger partial charge in [-0.05, 0) is 0 Å². The molecular weight excluding hydrogens is 197 g/mol. The van der Waals surface area contributed by atoms with E-state index in [9.17, 15) is 0 Å². The molecule has 0 unspecified atom stereocenters. The summed E-state index contributed by atoms with van der Waals surface area (Å²) in [6.45, 7) is 0. The normalized spacial score (nSPS) is 8.43. The zero-order valence-electron chi connectivity index (χ0n) is 5.35. The monoisotopic (exact) mass is 202 g/mol. The predicted octanol–water partition coefficient (Wildman–Crippen LogP) is -1.09. The molecular formula is H5BeNbO4P. The zero-order valence-corrected chi connectivity index (χ0v) is 6.44. The summed E-state index contributed by atoms with van der Waals surface area (Å²) in [4.78, 5) is 21.6. The summed E-state index contributed by atoms with van der Waals surface area (Å²) in [5.74, 6) is 0. The topological polar surface area (TPSA) is 77.8 Å². The molecule has 4 nitrogen and oxygen atoms in total. The second kappa shape index (κ2) is 5.16. The summed E-state index contributed by atoms with van der Waals surface area (Å²) in [6.07, 6.45) is 0. The average Bonchev–Trinajstić information content (AvgIpc) is 0.722. The molecule has 7 heavy (non-hydrogen) atoms. The number of rotatable bonds is 0. The van der Waals surface area contributed by atoms with Crippen LogP contribution >= 0.6 is 7.82 Å². The van der Waals surface area contributed by atoms with Gasteiger partial charge in [-0.2, -0.15) is 0 Å². The van der Waals surface area contributed by atoms with Crippen LogP contribution in [-0.4, -0.2) is 24.8 Å². The van der Waals surface area contributed by atoms with Crippen LogP contribution in [0.2, 0.25) is 0 Å². The van der Waals surface area contributed by atoms with E-state index in [1.807, 2.05) is 0 Å². The van der Waals surface area contributed by atoms with Crippen LogP contribution in [0, 0.1) is 0 Å². The third-order valence-electron chi connectivity index (χ3n) is 0. The van der Waals surface area contributed by atoms with Crippen LogP contribution < -0.4 is 0 Å². The Bertz CT molecular complexity index is 64.7. The van der Waals surface area contributed by atoms with Crippen LogP contribution in [-0.2, 0) is 26.9 Å². The van der Waals surface area contributed by atoms with Crippen LogP contribution in [0.4, 0.5) is 0 Å². The Morgan fingerprint density at radius 2 is 1.29 bits per heavy atom. The molecule has 0 saturated carbocycles. The minimum Gasteiger partial charge on any atom is -1.00 e. The third kappa shape index (κ3) is 170. The van der Waals surface area contributed by atoms with Gasteiger partial charge in [0.15, 0.2) is 0 Å². The molecule has 0 aromatic heterocycles. The molecule has 0 aromatic carbocycles. The number of hydrogen-bond donors (Lipinski definition) is 3. The van der Waals surface area contributed by atoms with Crippen LogP contribution in [0.5, 0.6) is 0 Å². The molecule has 0 aliphatic carbocycles. The van der Waals surface area contributed by atoms with Gasteiger partial charge in [-0.25, -0.2) is 4.57 Å². The van der Waals surface area contributed by atoms with E-state index in [0.29, 0.717) is 0 Å². The van der Waals surface area contributed by atoms with Gasteiger partial charge in [0.1, 0.15) is 0 Å².